The van der Waals surface area contributed by atoms with Crippen LogP contribution in [-0.2, 0) is 0 Å². The highest BCUT2D eigenvalue weighted by molar-refractivity contribution is 9.11. The van der Waals surface area contributed by atoms with E-state index in [0.29, 0.717) is 12.1 Å². The second-order valence-corrected chi connectivity index (χ2v) is 6.14. The van der Waals surface area contributed by atoms with Crippen LogP contribution in [0.15, 0.2) is 51.4 Å². The van der Waals surface area contributed by atoms with E-state index in [1.807, 2.05) is 18.2 Å². The molecule has 5 nitrogen and oxygen atoms in total. The molecule has 0 aromatic heterocycles. The highest BCUT2D eigenvalue weighted by Gasteiger charge is 2.11. The van der Waals surface area contributed by atoms with Crippen LogP contribution >= 0.6 is 31.9 Å². The van der Waals surface area contributed by atoms with Crippen LogP contribution in [0.4, 0.5) is 11.4 Å². The number of anilines is 1. The molecule has 0 saturated heterocycles. The summed E-state index contributed by atoms with van der Waals surface area (Å²) in [5, 5.41) is 23.8. The maximum Gasteiger partial charge on any atom is 0.269 e. The highest BCUT2D eigenvalue weighted by Crippen LogP contribution is 2.27. The van der Waals surface area contributed by atoms with Gasteiger partial charge in [0.1, 0.15) is 0 Å². The van der Waals surface area contributed by atoms with Crippen molar-refractivity contribution in [3.05, 3.63) is 67.1 Å². The van der Waals surface area contributed by atoms with Gasteiger partial charge in [-0.05, 0) is 51.8 Å². The summed E-state index contributed by atoms with van der Waals surface area (Å²) in [4.78, 5) is 10.1. The van der Waals surface area contributed by atoms with Crippen LogP contribution < -0.4 is 5.32 Å². The first-order valence-corrected chi connectivity index (χ1v) is 7.67. The average molecular weight is 416 g/mol. The van der Waals surface area contributed by atoms with E-state index in [0.717, 1.165) is 14.6 Å². The third-order valence-corrected chi connectivity index (χ3v) is 4.09. The van der Waals surface area contributed by atoms with E-state index in [2.05, 4.69) is 37.2 Å². The van der Waals surface area contributed by atoms with Gasteiger partial charge in [-0.2, -0.15) is 0 Å². The van der Waals surface area contributed by atoms with Crippen molar-refractivity contribution >= 4 is 43.2 Å². The molecule has 0 fully saturated rings. The molecule has 2 N–H and O–H groups in total. The van der Waals surface area contributed by atoms with Gasteiger partial charge in [0, 0.05) is 33.3 Å². The summed E-state index contributed by atoms with van der Waals surface area (Å²) in [5.41, 5.74) is 1.48. The second kappa shape index (κ2) is 7.02. The molecule has 2 rings (SSSR count). The molecule has 110 valence electrons. The molecule has 21 heavy (non-hydrogen) atoms. The molecule has 0 aliphatic heterocycles. The van der Waals surface area contributed by atoms with E-state index in [-0.39, 0.29) is 5.69 Å². The maximum atomic E-state index is 10.6. The largest absolute Gasteiger partial charge is 0.387 e. The van der Waals surface area contributed by atoms with Gasteiger partial charge in [-0.15, -0.1) is 0 Å². The molecule has 7 heteroatoms. The Morgan fingerprint density at radius 1 is 1.19 bits per heavy atom. The molecule has 0 saturated carbocycles. The van der Waals surface area contributed by atoms with Gasteiger partial charge in [0.05, 0.1) is 11.0 Å². The van der Waals surface area contributed by atoms with Gasteiger partial charge in [0.25, 0.3) is 5.69 Å². The van der Waals surface area contributed by atoms with E-state index >= 15 is 0 Å². The first-order valence-electron chi connectivity index (χ1n) is 6.08. The minimum absolute atomic E-state index is 0.00800. The number of benzene rings is 2. The van der Waals surface area contributed by atoms with Crippen LogP contribution in [0.5, 0.6) is 0 Å². The van der Waals surface area contributed by atoms with Crippen LogP contribution in [0.1, 0.15) is 11.7 Å². The fourth-order valence-corrected chi connectivity index (χ4v) is 2.52. The molecule has 0 amide bonds. The molecular weight excluding hydrogens is 404 g/mol. The zero-order chi connectivity index (χ0) is 15.4. The number of halogens is 2. The van der Waals surface area contributed by atoms with Crippen LogP contribution in [0.2, 0.25) is 0 Å². The first kappa shape index (κ1) is 15.9. The van der Waals surface area contributed by atoms with E-state index in [9.17, 15) is 15.2 Å². The Kier molecular flexibility index (Phi) is 5.33. The Morgan fingerprint density at radius 2 is 1.86 bits per heavy atom. The monoisotopic (exact) mass is 414 g/mol. The van der Waals surface area contributed by atoms with E-state index in [1.165, 1.54) is 12.1 Å². The van der Waals surface area contributed by atoms with Crippen LogP contribution in [0, 0.1) is 10.1 Å². The van der Waals surface area contributed by atoms with Gasteiger partial charge in [-0.25, -0.2) is 0 Å². The van der Waals surface area contributed by atoms with Crippen LogP contribution in [0.25, 0.3) is 0 Å². The molecule has 0 spiro atoms. The molecule has 2 aromatic rings. The SMILES string of the molecule is O=[N+]([O-])c1ccc(C(O)CNc2cc(Br)ccc2Br)cc1. The Bertz CT molecular complexity index is 647. The molecule has 0 heterocycles. The number of non-ortho nitro benzene ring substituents is 1. The summed E-state index contributed by atoms with van der Waals surface area (Å²) in [6.45, 7) is 0.298. The Balaban J connectivity index is 2.02. The van der Waals surface area contributed by atoms with Gasteiger partial charge in [-0.1, -0.05) is 15.9 Å². The number of nitrogens with zero attached hydrogens (tertiary/aromatic N) is 1. The smallest absolute Gasteiger partial charge is 0.269 e. The standard InChI is InChI=1S/C14H12Br2N2O3/c15-10-3-6-12(16)13(7-10)17-8-14(19)9-1-4-11(5-2-9)18(20)21/h1-7,14,17,19H,8H2. The lowest BCUT2D eigenvalue weighted by molar-refractivity contribution is -0.384. The van der Waals surface area contributed by atoms with Gasteiger partial charge in [-0.3, -0.25) is 10.1 Å². The minimum atomic E-state index is -0.753. The third-order valence-electron chi connectivity index (χ3n) is 2.90. The number of rotatable bonds is 5. The van der Waals surface area contributed by atoms with Gasteiger partial charge < -0.3 is 10.4 Å². The summed E-state index contributed by atoms with van der Waals surface area (Å²) >= 11 is 6.80. The number of aliphatic hydroxyl groups is 1. The fraction of sp³-hybridized carbons (Fsp3) is 0.143. The summed E-state index contributed by atoms with van der Waals surface area (Å²) in [6.07, 6.45) is -0.753. The quantitative estimate of drug-likeness (QED) is 0.564. The van der Waals surface area contributed by atoms with E-state index in [4.69, 9.17) is 0 Å². The number of hydrogen-bond acceptors (Lipinski definition) is 4. The number of nitrogens with one attached hydrogen (secondary N) is 1. The van der Waals surface area contributed by atoms with Crippen molar-refractivity contribution in [2.24, 2.45) is 0 Å². The molecule has 0 aliphatic rings. The summed E-state index contributed by atoms with van der Waals surface area (Å²) in [5.74, 6) is 0. The first-order chi connectivity index (χ1) is 9.97. The Labute approximate surface area is 138 Å². The predicted molar refractivity (Wildman–Crippen MR) is 88.4 cm³/mol. The molecule has 1 unspecified atom stereocenters. The number of nitro benzene ring substituents is 1. The van der Waals surface area contributed by atoms with Crippen molar-refractivity contribution in [2.75, 3.05) is 11.9 Å². The Morgan fingerprint density at radius 3 is 2.48 bits per heavy atom. The number of nitro groups is 1. The Hall–Kier alpha value is -1.44. The second-order valence-electron chi connectivity index (χ2n) is 4.37. The molecule has 1 atom stereocenters. The normalized spacial score (nSPS) is 12.0. The van der Waals surface area contributed by atoms with E-state index in [1.54, 1.807) is 12.1 Å². The minimum Gasteiger partial charge on any atom is -0.387 e. The lowest BCUT2D eigenvalue weighted by Crippen LogP contribution is -2.12. The van der Waals surface area contributed by atoms with E-state index < -0.39 is 11.0 Å². The van der Waals surface area contributed by atoms with Crippen molar-refractivity contribution in [3.63, 3.8) is 0 Å². The molecule has 2 aromatic carbocycles. The molecular formula is C14H12Br2N2O3. The zero-order valence-corrected chi connectivity index (χ0v) is 14.0. The lowest BCUT2D eigenvalue weighted by Gasteiger charge is -2.14. The molecule has 0 radical (unpaired) electrons. The van der Waals surface area contributed by atoms with Crippen molar-refractivity contribution in [2.45, 2.75) is 6.10 Å². The fourth-order valence-electron chi connectivity index (χ4n) is 1.78. The topological polar surface area (TPSA) is 75.4 Å². The van der Waals surface area contributed by atoms with Gasteiger partial charge >= 0.3 is 0 Å². The number of hydrogen-bond donors (Lipinski definition) is 2. The average Bonchev–Trinajstić information content (AvgIpc) is 2.48. The summed E-state index contributed by atoms with van der Waals surface area (Å²) < 4.78 is 1.82. The van der Waals surface area contributed by atoms with Crippen LogP contribution in [0.3, 0.4) is 0 Å². The maximum absolute atomic E-state index is 10.6. The summed E-state index contributed by atoms with van der Waals surface area (Å²) in [7, 11) is 0. The third kappa shape index (κ3) is 4.26. The predicted octanol–water partition coefficient (Wildman–Crippen LogP) is 4.27. The molecule has 0 bridgehead atoms. The van der Waals surface area contributed by atoms with Crippen molar-refractivity contribution in [1.82, 2.24) is 0 Å². The zero-order valence-electron chi connectivity index (χ0n) is 10.8. The van der Waals surface area contributed by atoms with Crippen LogP contribution in [-0.4, -0.2) is 16.6 Å². The van der Waals surface area contributed by atoms with Crippen molar-refractivity contribution < 1.29 is 10.0 Å². The lowest BCUT2D eigenvalue weighted by atomic mass is 10.1. The van der Waals surface area contributed by atoms with Gasteiger partial charge in [0.15, 0.2) is 0 Å². The van der Waals surface area contributed by atoms with Crippen molar-refractivity contribution in [1.29, 1.82) is 0 Å². The number of aliphatic hydroxyl groups excluding tert-OH is 1. The molecule has 0 aliphatic carbocycles. The summed E-state index contributed by atoms with van der Waals surface area (Å²) in [6, 6.07) is 11.6. The van der Waals surface area contributed by atoms with Gasteiger partial charge in [0.2, 0.25) is 0 Å². The highest BCUT2D eigenvalue weighted by atomic mass is 79.9. The van der Waals surface area contributed by atoms with Crippen molar-refractivity contribution in [3.8, 4) is 0 Å².